The van der Waals surface area contributed by atoms with Crippen LogP contribution in [0.2, 0.25) is 0 Å². The Kier molecular flexibility index (Phi) is 3.29. The number of carbonyl (C=O) groups is 1. The van der Waals surface area contributed by atoms with Gasteiger partial charge in [0.2, 0.25) is 5.91 Å². The minimum atomic E-state index is 0.119. The highest BCUT2D eigenvalue weighted by molar-refractivity contribution is 6.13. The van der Waals surface area contributed by atoms with Crippen LogP contribution in [0.3, 0.4) is 0 Å². The summed E-state index contributed by atoms with van der Waals surface area (Å²) >= 11 is 0. The molecule has 5 nitrogen and oxygen atoms in total. The van der Waals surface area contributed by atoms with Gasteiger partial charge < -0.3 is 4.90 Å². The number of hydrogen-bond acceptors (Lipinski definition) is 4. The molecule has 0 aromatic carbocycles. The summed E-state index contributed by atoms with van der Waals surface area (Å²) in [6.45, 7) is 2.07. The molecule has 0 saturated carbocycles. The first kappa shape index (κ1) is 12.3. The SMILES string of the molecule is CN1CCC(N2N=C(c3cccnc3)CC2=O)CC1. The van der Waals surface area contributed by atoms with Crippen molar-refractivity contribution in [2.24, 2.45) is 5.10 Å². The number of hydrazone groups is 1. The van der Waals surface area contributed by atoms with Gasteiger partial charge >= 0.3 is 0 Å². The molecule has 1 aromatic rings. The van der Waals surface area contributed by atoms with Gasteiger partial charge in [0.25, 0.3) is 0 Å². The lowest BCUT2D eigenvalue weighted by atomic mass is 10.0. The minimum absolute atomic E-state index is 0.119. The van der Waals surface area contributed by atoms with Crippen molar-refractivity contribution in [3.05, 3.63) is 30.1 Å². The molecule has 1 amide bonds. The second-order valence-electron chi connectivity index (χ2n) is 5.24. The molecular weight excluding hydrogens is 240 g/mol. The zero-order valence-corrected chi connectivity index (χ0v) is 11.1. The number of nitrogens with zero attached hydrogens (tertiary/aromatic N) is 4. The number of rotatable bonds is 2. The van der Waals surface area contributed by atoms with E-state index in [-0.39, 0.29) is 11.9 Å². The van der Waals surface area contributed by atoms with Crippen molar-refractivity contribution in [1.29, 1.82) is 0 Å². The van der Waals surface area contributed by atoms with Crippen molar-refractivity contribution in [2.45, 2.75) is 25.3 Å². The monoisotopic (exact) mass is 258 g/mol. The van der Waals surface area contributed by atoms with Crippen molar-refractivity contribution in [2.75, 3.05) is 20.1 Å². The molecule has 2 aliphatic rings. The fourth-order valence-corrected chi connectivity index (χ4v) is 2.66. The van der Waals surface area contributed by atoms with E-state index in [1.54, 1.807) is 17.4 Å². The molecule has 0 atom stereocenters. The van der Waals surface area contributed by atoms with Gasteiger partial charge in [-0.3, -0.25) is 9.78 Å². The average molecular weight is 258 g/mol. The minimum Gasteiger partial charge on any atom is -0.306 e. The Morgan fingerprint density at radius 2 is 2.11 bits per heavy atom. The summed E-state index contributed by atoms with van der Waals surface area (Å²) in [5.41, 5.74) is 1.79. The lowest BCUT2D eigenvalue weighted by molar-refractivity contribution is -0.131. The van der Waals surface area contributed by atoms with Gasteiger partial charge in [-0.15, -0.1) is 0 Å². The van der Waals surface area contributed by atoms with Crippen LogP contribution in [-0.4, -0.2) is 52.7 Å². The van der Waals surface area contributed by atoms with E-state index in [4.69, 9.17) is 0 Å². The largest absolute Gasteiger partial charge is 0.306 e. The first-order valence-corrected chi connectivity index (χ1v) is 6.72. The topological polar surface area (TPSA) is 48.8 Å². The van der Waals surface area contributed by atoms with Crippen LogP contribution in [0, 0.1) is 0 Å². The van der Waals surface area contributed by atoms with Crippen LogP contribution in [0.5, 0.6) is 0 Å². The highest BCUT2D eigenvalue weighted by atomic mass is 16.2. The van der Waals surface area contributed by atoms with E-state index in [0.717, 1.165) is 37.2 Å². The quantitative estimate of drug-likeness (QED) is 0.798. The summed E-state index contributed by atoms with van der Waals surface area (Å²) in [5.74, 6) is 0.119. The molecule has 0 aliphatic carbocycles. The molecule has 2 aliphatic heterocycles. The number of amides is 1. The molecule has 0 unspecified atom stereocenters. The van der Waals surface area contributed by atoms with Gasteiger partial charge in [0.1, 0.15) is 0 Å². The molecule has 3 rings (SSSR count). The van der Waals surface area contributed by atoms with Crippen LogP contribution < -0.4 is 0 Å². The number of aromatic nitrogens is 1. The highest BCUT2D eigenvalue weighted by Gasteiger charge is 2.32. The Labute approximate surface area is 112 Å². The zero-order chi connectivity index (χ0) is 13.2. The van der Waals surface area contributed by atoms with Gasteiger partial charge in [-0.2, -0.15) is 5.10 Å². The van der Waals surface area contributed by atoms with Gasteiger partial charge in [0, 0.05) is 18.0 Å². The molecule has 0 spiro atoms. The molecular formula is C14H18N4O. The first-order chi connectivity index (χ1) is 9.24. The zero-order valence-electron chi connectivity index (χ0n) is 11.1. The summed E-state index contributed by atoms with van der Waals surface area (Å²) in [6.07, 6.45) is 5.91. The van der Waals surface area contributed by atoms with Crippen LogP contribution in [0.4, 0.5) is 0 Å². The fraction of sp³-hybridized carbons (Fsp3) is 0.500. The van der Waals surface area contributed by atoms with E-state index < -0.39 is 0 Å². The van der Waals surface area contributed by atoms with Crippen molar-refractivity contribution in [3.63, 3.8) is 0 Å². The molecule has 1 aromatic heterocycles. The third-order valence-electron chi connectivity index (χ3n) is 3.83. The number of carbonyl (C=O) groups excluding carboxylic acids is 1. The molecule has 1 saturated heterocycles. The molecule has 1 fully saturated rings. The molecule has 0 bridgehead atoms. The number of hydrogen-bond donors (Lipinski definition) is 0. The van der Waals surface area contributed by atoms with E-state index >= 15 is 0 Å². The van der Waals surface area contributed by atoms with Gasteiger partial charge in [-0.1, -0.05) is 0 Å². The number of likely N-dealkylation sites (tertiary alicyclic amines) is 1. The highest BCUT2D eigenvalue weighted by Crippen LogP contribution is 2.22. The van der Waals surface area contributed by atoms with Crippen molar-refractivity contribution >= 4 is 11.6 Å². The van der Waals surface area contributed by atoms with Gasteiger partial charge in [0.15, 0.2) is 0 Å². The molecule has 3 heterocycles. The van der Waals surface area contributed by atoms with Gasteiger partial charge in [0.05, 0.1) is 18.2 Å². The maximum Gasteiger partial charge on any atom is 0.249 e. The fourth-order valence-electron chi connectivity index (χ4n) is 2.66. The van der Waals surface area contributed by atoms with Gasteiger partial charge in [-0.25, -0.2) is 5.01 Å². The maximum absolute atomic E-state index is 12.1. The van der Waals surface area contributed by atoms with Crippen LogP contribution in [0.1, 0.15) is 24.8 Å². The first-order valence-electron chi connectivity index (χ1n) is 6.72. The van der Waals surface area contributed by atoms with E-state index in [9.17, 15) is 4.79 Å². The molecule has 19 heavy (non-hydrogen) atoms. The standard InChI is InChI=1S/C14H18N4O/c1-17-7-4-12(5-8-17)18-14(19)9-13(16-18)11-3-2-6-15-10-11/h2-3,6,10,12H,4-5,7-9H2,1H3. The number of pyridine rings is 1. The predicted octanol–water partition coefficient (Wildman–Crippen LogP) is 1.11. The average Bonchev–Trinajstić information content (AvgIpc) is 2.83. The Bertz CT molecular complexity index is 491. The Morgan fingerprint density at radius 1 is 1.32 bits per heavy atom. The van der Waals surface area contributed by atoms with Crippen molar-refractivity contribution < 1.29 is 4.79 Å². The third kappa shape index (κ3) is 2.51. The van der Waals surface area contributed by atoms with E-state index in [1.807, 2.05) is 12.1 Å². The Morgan fingerprint density at radius 3 is 2.79 bits per heavy atom. The molecule has 0 radical (unpaired) electrons. The summed E-state index contributed by atoms with van der Waals surface area (Å²) in [4.78, 5) is 18.5. The van der Waals surface area contributed by atoms with Crippen LogP contribution in [0.25, 0.3) is 0 Å². The summed E-state index contributed by atoms with van der Waals surface area (Å²) in [7, 11) is 2.12. The van der Waals surface area contributed by atoms with E-state index in [0.29, 0.717) is 6.42 Å². The van der Waals surface area contributed by atoms with E-state index in [1.165, 1.54) is 0 Å². The lowest BCUT2D eigenvalue weighted by Gasteiger charge is -2.32. The Hall–Kier alpha value is -1.75. The molecule has 5 heteroatoms. The lowest BCUT2D eigenvalue weighted by Crippen LogP contribution is -2.42. The normalized spacial score (nSPS) is 21.8. The Balaban J connectivity index is 1.76. The molecule has 0 N–H and O–H groups in total. The summed E-state index contributed by atoms with van der Waals surface area (Å²) < 4.78 is 0. The van der Waals surface area contributed by atoms with Crippen molar-refractivity contribution in [3.8, 4) is 0 Å². The van der Waals surface area contributed by atoms with Crippen LogP contribution in [-0.2, 0) is 4.79 Å². The summed E-state index contributed by atoms with van der Waals surface area (Å²) in [6, 6.07) is 4.09. The second kappa shape index (κ2) is 5.09. The summed E-state index contributed by atoms with van der Waals surface area (Å²) in [5, 5.41) is 6.23. The third-order valence-corrected chi connectivity index (χ3v) is 3.83. The van der Waals surface area contributed by atoms with Crippen molar-refractivity contribution in [1.82, 2.24) is 14.9 Å². The molecule has 100 valence electrons. The second-order valence-corrected chi connectivity index (χ2v) is 5.24. The van der Waals surface area contributed by atoms with Crippen LogP contribution in [0.15, 0.2) is 29.6 Å². The van der Waals surface area contributed by atoms with Crippen LogP contribution >= 0.6 is 0 Å². The smallest absolute Gasteiger partial charge is 0.249 e. The van der Waals surface area contributed by atoms with E-state index in [2.05, 4.69) is 22.0 Å². The maximum atomic E-state index is 12.1. The predicted molar refractivity (Wildman–Crippen MR) is 72.8 cm³/mol. The van der Waals surface area contributed by atoms with Gasteiger partial charge in [-0.05, 0) is 45.1 Å². The number of piperidine rings is 1.